The third-order valence-electron chi connectivity index (χ3n) is 5.63. The van der Waals surface area contributed by atoms with Crippen molar-refractivity contribution in [3.05, 3.63) is 0 Å². The van der Waals surface area contributed by atoms with E-state index in [2.05, 4.69) is 25.9 Å². The number of hydrogen-bond donors (Lipinski definition) is 7. The van der Waals surface area contributed by atoms with Crippen LogP contribution in [-0.2, 0) is 19.1 Å². The van der Waals surface area contributed by atoms with Gasteiger partial charge in [-0.05, 0) is 44.4 Å². The van der Waals surface area contributed by atoms with Gasteiger partial charge in [-0.3, -0.25) is 19.6 Å². The number of rotatable bonds is 16. The summed E-state index contributed by atoms with van der Waals surface area (Å²) in [6.07, 6.45) is 6.82. The largest absolute Gasteiger partial charge is 0.449 e. The number of carbonyl (C=O) groups excluding carboxylic acids is 4. The lowest BCUT2D eigenvalue weighted by atomic mass is 9.90. The Kier molecular flexibility index (Phi) is 15.1. The average molecular weight is 512 g/mol. The molecule has 0 heterocycles. The molecular formula is C22H41N9O5. The molecule has 0 bridgehead atoms. The zero-order chi connectivity index (χ0) is 26.8. The van der Waals surface area contributed by atoms with Crippen molar-refractivity contribution in [3.63, 3.8) is 0 Å². The first-order valence-electron chi connectivity index (χ1n) is 12.3. The van der Waals surface area contributed by atoms with Crippen LogP contribution in [0.15, 0.2) is 9.98 Å². The molecule has 14 nitrogen and oxygen atoms in total. The number of amides is 3. The fourth-order valence-electron chi connectivity index (χ4n) is 3.75. The van der Waals surface area contributed by atoms with Crippen LogP contribution in [0.2, 0.25) is 0 Å². The molecule has 0 unspecified atom stereocenters. The standard InChI is InChI=1S/C22H41N9O5/c23-20(24)27-10-4-8-16(13-32)30-18(33)12-29-19(34)17(9-5-11-28-21(25)26)31-22(35)36-14-15-6-2-1-3-7-15/h13,15-17H,1-12,14H2,(H,29,34)(H,30,33)(H,31,35)(H4,23,24,27)(H4,25,26,28)/t16-,17+/m0/s1. The van der Waals surface area contributed by atoms with Gasteiger partial charge in [-0.15, -0.1) is 0 Å². The van der Waals surface area contributed by atoms with Crippen LogP contribution in [0, 0.1) is 5.92 Å². The minimum atomic E-state index is -0.952. The minimum Gasteiger partial charge on any atom is -0.449 e. The van der Waals surface area contributed by atoms with Gasteiger partial charge in [0.1, 0.15) is 12.3 Å². The zero-order valence-corrected chi connectivity index (χ0v) is 20.7. The van der Waals surface area contributed by atoms with E-state index < -0.39 is 30.0 Å². The van der Waals surface area contributed by atoms with Crippen LogP contribution in [0.3, 0.4) is 0 Å². The zero-order valence-electron chi connectivity index (χ0n) is 20.7. The number of nitrogens with one attached hydrogen (secondary N) is 3. The maximum Gasteiger partial charge on any atom is 0.407 e. The predicted molar refractivity (Wildman–Crippen MR) is 136 cm³/mol. The summed E-state index contributed by atoms with van der Waals surface area (Å²) in [6.45, 7) is 0.517. The summed E-state index contributed by atoms with van der Waals surface area (Å²) in [6, 6.07) is -1.70. The van der Waals surface area contributed by atoms with Gasteiger partial charge in [0.2, 0.25) is 11.8 Å². The number of aliphatic imine (C=N–C) groups is 2. The summed E-state index contributed by atoms with van der Waals surface area (Å²) in [5.74, 6) is -0.923. The number of aldehydes is 1. The second-order valence-electron chi connectivity index (χ2n) is 8.72. The highest BCUT2D eigenvalue weighted by atomic mass is 16.5. The highest BCUT2D eigenvalue weighted by Crippen LogP contribution is 2.23. The molecule has 36 heavy (non-hydrogen) atoms. The number of alkyl carbamates (subject to hydrolysis) is 1. The summed E-state index contributed by atoms with van der Waals surface area (Å²) < 4.78 is 5.32. The highest BCUT2D eigenvalue weighted by molar-refractivity contribution is 5.90. The Morgan fingerprint density at radius 2 is 1.53 bits per heavy atom. The number of nitrogens with two attached hydrogens (primary N) is 4. The summed E-state index contributed by atoms with van der Waals surface area (Å²) in [5, 5.41) is 7.56. The Labute approximate surface area is 211 Å². The van der Waals surface area contributed by atoms with Crippen molar-refractivity contribution in [1.82, 2.24) is 16.0 Å². The molecule has 0 aromatic rings. The molecule has 11 N–H and O–H groups in total. The highest BCUT2D eigenvalue weighted by Gasteiger charge is 2.23. The van der Waals surface area contributed by atoms with Crippen molar-refractivity contribution < 1.29 is 23.9 Å². The van der Waals surface area contributed by atoms with E-state index in [4.69, 9.17) is 27.7 Å². The molecule has 0 aromatic carbocycles. The van der Waals surface area contributed by atoms with Gasteiger partial charge in [0, 0.05) is 13.1 Å². The predicted octanol–water partition coefficient (Wildman–Crippen LogP) is -1.43. The first-order chi connectivity index (χ1) is 17.2. The van der Waals surface area contributed by atoms with Gasteiger partial charge in [-0.1, -0.05) is 19.3 Å². The second-order valence-corrected chi connectivity index (χ2v) is 8.72. The summed E-state index contributed by atoms with van der Waals surface area (Å²) in [7, 11) is 0. The molecule has 2 atom stereocenters. The van der Waals surface area contributed by atoms with Crippen LogP contribution < -0.4 is 38.9 Å². The van der Waals surface area contributed by atoms with E-state index in [1.165, 1.54) is 6.42 Å². The smallest absolute Gasteiger partial charge is 0.407 e. The van der Waals surface area contributed by atoms with Crippen molar-refractivity contribution in [2.45, 2.75) is 69.9 Å². The maximum absolute atomic E-state index is 12.7. The van der Waals surface area contributed by atoms with Gasteiger partial charge in [-0.25, -0.2) is 4.79 Å². The molecule has 0 saturated heterocycles. The summed E-state index contributed by atoms with van der Waals surface area (Å²) >= 11 is 0. The fourth-order valence-corrected chi connectivity index (χ4v) is 3.75. The van der Waals surface area contributed by atoms with Crippen molar-refractivity contribution in [2.24, 2.45) is 38.8 Å². The quantitative estimate of drug-likeness (QED) is 0.0555. The van der Waals surface area contributed by atoms with Gasteiger partial charge in [0.25, 0.3) is 0 Å². The van der Waals surface area contributed by atoms with Crippen molar-refractivity contribution in [1.29, 1.82) is 0 Å². The summed E-state index contributed by atoms with van der Waals surface area (Å²) in [5.41, 5.74) is 21.1. The Hall–Kier alpha value is -3.58. The number of hydrogen-bond acceptors (Lipinski definition) is 7. The van der Waals surface area contributed by atoms with Gasteiger partial charge in [0.15, 0.2) is 11.9 Å². The fraction of sp³-hybridized carbons (Fsp3) is 0.727. The normalized spacial score (nSPS) is 15.0. The Morgan fingerprint density at radius 3 is 2.11 bits per heavy atom. The van der Waals surface area contributed by atoms with E-state index in [1.807, 2.05) is 0 Å². The first-order valence-corrected chi connectivity index (χ1v) is 12.3. The average Bonchev–Trinajstić information content (AvgIpc) is 2.85. The maximum atomic E-state index is 12.7. The van der Waals surface area contributed by atoms with Crippen LogP contribution in [0.5, 0.6) is 0 Å². The van der Waals surface area contributed by atoms with Gasteiger partial charge < -0.3 is 48.4 Å². The molecule has 0 spiro atoms. The molecule has 3 amide bonds. The molecule has 1 rings (SSSR count). The third kappa shape index (κ3) is 14.6. The van der Waals surface area contributed by atoms with Crippen LogP contribution >= 0.6 is 0 Å². The van der Waals surface area contributed by atoms with E-state index in [0.717, 1.165) is 25.7 Å². The van der Waals surface area contributed by atoms with Crippen LogP contribution in [0.1, 0.15) is 57.8 Å². The molecule has 1 saturated carbocycles. The topological polar surface area (TPSA) is 242 Å². The lowest BCUT2D eigenvalue weighted by Gasteiger charge is -2.22. The second kappa shape index (κ2) is 17.8. The van der Waals surface area contributed by atoms with E-state index >= 15 is 0 Å². The Bertz CT molecular complexity index is 761. The number of nitrogens with zero attached hydrogens (tertiary/aromatic N) is 2. The Morgan fingerprint density at radius 1 is 0.917 bits per heavy atom. The van der Waals surface area contributed by atoms with Gasteiger partial charge in [0.05, 0.1) is 19.2 Å². The van der Waals surface area contributed by atoms with Crippen LogP contribution in [-0.4, -0.2) is 74.4 Å². The summed E-state index contributed by atoms with van der Waals surface area (Å²) in [4.78, 5) is 56.1. The monoisotopic (exact) mass is 511 g/mol. The SMILES string of the molecule is NC(N)=NCCC[C@@H](C=O)NC(=O)CNC(=O)[C@@H](CCCN=C(N)N)NC(=O)OCC1CCCCC1. The first kappa shape index (κ1) is 30.5. The number of ether oxygens (including phenoxy) is 1. The van der Waals surface area contributed by atoms with Gasteiger partial charge >= 0.3 is 6.09 Å². The molecule has 1 fully saturated rings. The Balaban J connectivity index is 2.53. The van der Waals surface area contributed by atoms with Crippen molar-refractivity contribution >= 4 is 36.1 Å². The lowest BCUT2D eigenvalue weighted by Crippen LogP contribution is -2.50. The number of carbonyl (C=O) groups is 4. The third-order valence-corrected chi connectivity index (χ3v) is 5.63. The minimum absolute atomic E-state index is 0.0521. The van der Waals surface area contributed by atoms with Crippen molar-refractivity contribution in [3.8, 4) is 0 Å². The molecule has 204 valence electrons. The molecule has 1 aliphatic carbocycles. The van der Waals surface area contributed by atoms with Crippen LogP contribution in [0.4, 0.5) is 4.79 Å². The van der Waals surface area contributed by atoms with E-state index in [0.29, 0.717) is 44.6 Å². The lowest BCUT2D eigenvalue weighted by molar-refractivity contribution is -0.128. The van der Waals surface area contributed by atoms with E-state index in [1.54, 1.807) is 0 Å². The molecular weight excluding hydrogens is 470 g/mol. The van der Waals surface area contributed by atoms with E-state index in [-0.39, 0.29) is 31.4 Å². The van der Waals surface area contributed by atoms with Gasteiger partial charge in [-0.2, -0.15) is 0 Å². The number of guanidine groups is 2. The molecule has 0 aliphatic heterocycles. The van der Waals surface area contributed by atoms with Crippen LogP contribution in [0.25, 0.3) is 0 Å². The molecule has 1 aliphatic rings. The van der Waals surface area contributed by atoms with Crippen molar-refractivity contribution in [2.75, 3.05) is 26.2 Å². The molecule has 0 radical (unpaired) electrons. The van der Waals surface area contributed by atoms with E-state index in [9.17, 15) is 19.2 Å². The molecule has 0 aromatic heterocycles. The molecule has 14 heteroatoms.